The molecule has 1 aromatic carbocycles. The van der Waals surface area contributed by atoms with Crippen LogP contribution in [-0.2, 0) is 6.42 Å². The molecule has 0 aliphatic rings. The van der Waals surface area contributed by atoms with Crippen molar-refractivity contribution in [3.8, 4) is 0 Å². The zero-order valence-electron chi connectivity index (χ0n) is 12.1. The van der Waals surface area contributed by atoms with Crippen LogP contribution in [0.15, 0.2) is 34.7 Å². The first-order valence-corrected chi connectivity index (χ1v) is 7.14. The molecule has 0 aliphatic heterocycles. The molecule has 1 aromatic heterocycles. The Balaban J connectivity index is 1.72. The summed E-state index contributed by atoms with van der Waals surface area (Å²) in [6.45, 7) is 5.77. The lowest BCUT2D eigenvalue weighted by Crippen LogP contribution is -2.17. The van der Waals surface area contributed by atoms with Crippen LogP contribution in [0.25, 0.3) is 0 Å². The van der Waals surface area contributed by atoms with Crippen molar-refractivity contribution in [2.75, 3.05) is 18.4 Å². The van der Waals surface area contributed by atoms with Gasteiger partial charge >= 0.3 is 6.01 Å². The minimum Gasteiger partial charge on any atom is -0.406 e. The summed E-state index contributed by atoms with van der Waals surface area (Å²) in [5.74, 6) is 0.623. The second kappa shape index (κ2) is 7.65. The highest BCUT2D eigenvalue weighted by Crippen LogP contribution is 2.13. The van der Waals surface area contributed by atoms with E-state index in [9.17, 15) is 0 Å². The highest BCUT2D eigenvalue weighted by molar-refractivity contribution is 5.18. The quantitative estimate of drug-likeness (QED) is 0.725. The van der Waals surface area contributed by atoms with Crippen LogP contribution >= 0.6 is 0 Å². The van der Waals surface area contributed by atoms with E-state index in [1.54, 1.807) is 0 Å². The summed E-state index contributed by atoms with van der Waals surface area (Å²) in [6.07, 6.45) is 2.08. The maximum Gasteiger partial charge on any atom is 0.315 e. The number of nitrogens with zero attached hydrogens (tertiary/aromatic N) is 2. The lowest BCUT2D eigenvalue weighted by atomic mass is 10.1. The Hall–Kier alpha value is -1.88. The van der Waals surface area contributed by atoms with E-state index in [0.717, 1.165) is 25.9 Å². The normalized spacial score (nSPS) is 12.3. The Kier molecular flexibility index (Phi) is 5.55. The lowest BCUT2D eigenvalue weighted by molar-refractivity contribution is 0.428. The van der Waals surface area contributed by atoms with Gasteiger partial charge in [0.2, 0.25) is 5.89 Å². The molecule has 0 saturated carbocycles. The van der Waals surface area contributed by atoms with Crippen LogP contribution in [-0.4, -0.2) is 23.3 Å². The van der Waals surface area contributed by atoms with Gasteiger partial charge in [-0.2, -0.15) is 0 Å². The molecule has 0 saturated heterocycles. The summed E-state index contributed by atoms with van der Waals surface area (Å²) in [4.78, 5) is 0. The van der Waals surface area contributed by atoms with Gasteiger partial charge < -0.3 is 15.1 Å². The Morgan fingerprint density at radius 3 is 2.75 bits per heavy atom. The molecule has 1 heterocycles. The van der Waals surface area contributed by atoms with E-state index in [-0.39, 0.29) is 6.04 Å². The van der Waals surface area contributed by atoms with Crippen molar-refractivity contribution in [2.45, 2.75) is 32.7 Å². The third-order valence-electron chi connectivity index (χ3n) is 3.08. The molecule has 1 atom stereocenters. The average molecular weight is 274 g/mol. The van der Waals surface area contributed by atoms with E-state index in [4.69, 9.17) is 4.42 Å². The maximum atomic E-state index is 5.55. The zero-order chi connectivity index (χ0) is 14.2. The zero-order valence-corrected chi connectivity index (χ0v) is 12.1. The largest absolute Gasteiger partial charge is 0.406 e. The number of hydrogen-bond donors (Lipinski definition) is 2. The van der Waals surface area contributed by atoms with Crippen LogP contribution in [0.1, 0.15) is 37.8 Å². The van der Waals surface area contributed by atoms with E-state index >= 15 is 0 Å². The highest BCUT2D eigenvalue weighted by atomic mass is 16.4. The van der Waals surface area contributed by atoms with Gasteiger partial charge in [0.15, 0.2) is 0 Å². The fraction of sp³-hybridized carbons (Fsp3) is 0.467. The van der Waals surface area contributed by atoms with Crippen LogP contribution in [0.5, 0.6) is 0 Å². The van der Waals surface area contributed by atoms with Crippen LogP contribution in [0.2, 0.25) is 0 Å². The fourth-order valence-corrected chi connectivity index (χ4v) is 2.01. The summed E-state index contributed by atoms with van der Waals surface area (Å²) >= 11 is 0. The topological polar surface area (TPSA) is 63.0 Å². The Bertz CT molecular complexity index is 498. The third kappa shape index (κ3) is 4.35. The molecular weight excluding hydrogens is 252 g/mol. The van der Waals surface area contributed by atoms with E-state index in [1.807, 2.05) is 13.0 Å². The SMILES string of the molecule is CCNC(C)c1nnc(NCCCc2ccccc2)o1. The minimum atomic E-state index is 0.0902. The summed E-state index contributed by atoms with van der Waals surface area (Å²) < 4.78 is 5.55. The third-order valence-corrected chi connectivity index (χ3v) is 3.08. The maximum absolute atomic E-state index is 5.55. The van der Waals surface area contributed by atoms with E-state index < -0.39 is 0 Å². The Morgan fingerprint density at radius 2 is 2.00 bits per heavy atom. The molecule has 2 aromatic rings. The van der Waals surface area contributed by atoms with Gasteiger partial charge in [0.05, 0.1) is 6.04 Å². The lowest BCUT2D eigenvalue weighted by Gasteiger charge is -2.06. The second-order valence-corrected chi connectivity index (χ2v) is 4.74. The molecule has 2 N–H and O–H groups in total. The average Bonchev–Trinajstić information content (AvgIpc) is 2.94. The van der Waals surface area contributed by atoms with Crippen molar-refractivity contribution in [3.05, 3.63) is 41.8 Å². The summed E-state index contributed by atoms with van der Waals surface area (Å²) in [7, 11) is 0. The number of rotatable bonds is 8. The molecule has 5 heteroatoms. The van der Waals surface area contributed by atoms with Crippen molar-refractivity contribution in [1.29, 1.82) is 0 Å². The molecule has 0 aliphatic carbocycles. The van der Waals surface area contributed by atoms with Crippen LogP contribution in [0, 0.1) is 0 Å². The van der Waals surface area contributed by atoms with Crippen LogP contribution < -0.4 is 10.6 Å². The summed E-state index contributed by atoms with van der Waals surface area (Å²) in [6, 6.07) is 11.0. The van der Waals surface area contributed by atoms with Gasteiger partial charge in [-0.05, 0) is 31.9 Å². The Morgan fingerprint density at radius 1 is 1.20 bits per heavy atom. The van der Waals surface area contributed by atoms with Gasteiger partial charge in [-0.3, -0.25) is 0 Å². The molecule has 0 radical (unpaired) electrons. The van der Waals surface area contributed by atoms with E-state index in [0.29, 0.717) is 11.9 Å². The predicted molar refractivity (Wildman–Crippen MR) is 79.6 cm³/mol. The van der Waals surface area contributed by atoms with Gasteiger partial charge in [0.25, 0.3) is 0 Å². The van der Waals surface area contributed by atoms with E-state index in [1.165, 1.54) is 5.56 Å². The number of aromatic nitrogens is 2. The fourth-order valence-electron chi connectivity index (χ4n) is 2.01. The predicted octanol–water partition coefficient (Wildman–Crippen LogP) is 2.78. The van der Waals surface area contributed by atoms with Crippen molar-refractivity contribution >= 4 is 6.01 Å². The van der Waals surface area contributed by atoms with Gasteiger partial charge in [-0.25, -0.2) is 0 Å². The van der Waals surface area contributed by atoms with Gasteiger partial charge in [0, 0.05) is 6.54 Å². The molecule has 20 heavy (non-hydrogen) atoms. The number of aryl methyl sites for hydroxylation is 1. The smallest absolute Gasteiger partial charge is 0.315 e. The van der Waals surface area contributed by atoms with Crippen molar-refractivity contribution in [1.82, 2.24) is 15.5 Å². The molecule has 0 spiro atoms. The molecule has 108 valence electrons. The number of anilines is 1. The van der Waals surface area contributed by atoms with Crippen molar-refractivity contribution in [2.24, 2.45) is 0 Å². The van der Waals surface area contributed by atoms with Crippen LogP contribution in [0.3, 0.4) is 0 Å². The van der Waals surface area contributed by atoms with Crippen LogP contribution in [0.4, 0.5) is 6.01 Å². The van der Waals surface area contributed by atoms with Gasteiger partial charge in [-0.15, -0.1) is 5.10 Å². The van der Waals surface area contributed by atoms with E-state index in [2.05, 4.69) is 52.0 Å². The van der Waals surface area contributed by atoms with Crippen molar-refractivity contribution < 1.29 is 4.42 Å². The molecule has 1 unspecified atom stereocenters. The minimum absolute atomic E-state index is 0.0902. The number of benzene rings is 1. The monoisotopic (exact) mass is 274 g/mol. The first-order valence-electron chi connectivity index (χ1n) is 7.14. The molecule has 5 nitrogen and oxygen atoms in total. The van der Waals surface area contributed by atoms with Crippen molar-refractivity contribution in [3.63, 3.8) is 0 Å². The molecule has 2 rings (SSSR count). The van der Waals surface area contributed by atoms with Gasteiger partial charge in [0.1, 0.15) is 0 Å². The molecule has 0 bridgehead atoms. The standard InChI is InChI=1S/C15H22N4O/c1-3-16-12(2)14-18-19-15(20-14)17-11-7-10-13-8-5-4-6-9-13/h4-6,8-9,12,16H,3,7,10-11H2,1-2H3,(H,17,19). The molecule has 0 amide bonds. The Labute approximate surface area is 119 Å². The van der Waals surface area contributed by atoms with Gasteiger partial charge in [-0.1, -0.05) is 42.4 Å². The second-order valence-electron chi connectivity index (χ2n) is 4.74. The summed E-state index contributed by atoms with van der Waals surface area (Å²) in [5.41, 5.74) is 1.35. The number of nitrogens with one attached hydrogen (secondary N) is 2. The molecular formula is C15H22N4O. The first kappa shape index (κ1) is 14.5. The highest BCUT2D eigenvalue weighted by Gasteiger charge is 2.12. The number of hydrogen-bond acceptors (Lipinski definition) is 5. The molecule has 0 fully saturated rings. The first-order chi connectivity index (χ1) is 9.79. The summed E-state index contributed by atoms with van der Waals surface area (Å²) in [5, 5.41) is 14.4.